The third-order valence-electron chi connectivity index (χ3n) is 4.50. The number of hydrogen-bond acceptors (Lipinski definition) is 1. The lowest BCUT2D eigenvalue weighted by molar-refractivity contribution is -0.0652. The van der Waals surface area contributed by atoms with Gasteiger partial charge in [0.05, 0.1) is 5.60 Å². The molecule has 0 bridgehead atoms. The fourth-order valence-corrected chi connectivity index (χ4v) is 3.48. The minimum Gasteiger partial charge on any atom is -0.389 e. The van der Waals surface area contributed by atoms with Crippen LogP contribution in [-0.4, -0.2) is 10.7 Å². The minimum atomic E-state index is -0.484. The number of rotatable bonds is 3. The summed E-state index contributed by atoms with van der Waals surface area (Å²) in [7, 11) is 0. The third kappa shape index (κ3) is 2.95. The van der Waals surface area contributed by atoms with Crippen molar-refractivity contribution in [1.82, 2.24) is 0 Å². The van der Waals surface area contributed by atoms with E-state index in [-0.39, 0.29) is 0 Å². The van der Waals surface area contributed by atoms with Crippen molar-refractivity contribution in [3.63, 3.8) is 0 Å². The number of benzene rings is 1. The minimum absolute atomic E-state index is 0.451. The molecule has 1 saturated carbocycles. The second-order valence-corrected chi connectivity index (χ2v) is 6.36. The van der Waals surface area contributed by atoms with Crippen LogP contribution in [0.2, 0.25) is 0 Å². The molecule has 0 aromatic heterocycles. The van der Waals surface area contributed by atoms with Gasteiger partial charge < -0.3 is 5.11 Å². The van der Waals surface area contributed by atoms with Crippen molar-refractivity contribution in [3.8, 4) is 0 Å². The molecule has 0 heterocycles. The largest absolute Gasteiger partial charge is 0.389 e. The molecule has 1 heteroatoms. The Morgan fingerprint density at radius 1 is 1.22 bits per heavy atom. The first kappa shape index (κ1) is 13.6. The molecule has 2 rings (SSSR count). The highest BCUT2D eigenvalue weighted by Gasteiger charge is 2.40. The molecule has 2 atom stereocenters. The van der Waals surface area contributed by atoms with Crippen LogP contribution in [0.3, 0.4) is 0 Å². The summed E-state index contributed by atoms with van der Waals surface area (Å²) in [4.78, 5) is 0. The summed E-state index contributed by atoms with van der Waals surface area (Å²) in [6.07, 6.45) is 5.41. The Balaban J connectivity index is 2.15. The number of aliphatic hydroxyl groups is 1. The van der Waals surface area contributed by atoms with Gasteiger partial charge in [-0.15, -0.1) is 0 Å². The summed E-state index contributed by atoms with van der Waals surface area (Å²) >= 11 is 0. The smallest absolute Gasteiger partial charge is 0.0718 e. The first-order valence-electron chi connectivity index (χ1n) is 7.29. The highest BCUT2D eigenvalue weighted by molar-refractivity contribution is 5.23. The predicted octanol–water partition coefficient (Wildman–Crippen LogP) is 4.11. The van der Waals surface area contributed by atoms with Gasteiger partial charge in [0.1, 0.15) is 0 Å². The topological polar surface area (TPSA) is 20.2 Å². The van der Waals surface area contributed by atoms with Gasteiger partial charge in [-0.1, -0.05) is 56.5 Å². The average Bonchev–Trinajstić information content (AvgIpc) is 2.32. The van der Waals surface area contributed by atoms with Gasteiger partial charge in [0.15, 0.2) is 0 Å². The van der Waals surface area contributed by atoms with E-state index in [2.05, 4.69) is 45.0 Å². The van der Waals surface area contributed by atoms with Gasteiger partial charge in [0.2, 0.25) is 0 Å². The Hall–Kier alpha value is -0.820. The molecule has 0 spiro atoms. The Kier molecular flexibility index (Phi) is 4.11. The third-order valence-corrected chi connectivity index (χ3v) is 4.50. The van der Waals surface area contributed by atoms with Gasteiger partial charge in [0.25, 0.3) is 0 Å². The Bertz CT molecular complexity index is 379. The highest BCUT2D eigenvalue weighted by atomic mass is 16.3. The van der Waals surface area contributed by atoms with Crippen LogP contribution in [0, 0.1) is 18.8 Å². The summed E-state index contributed by atoms with van der Waals surface area (Å²) < 4.78 is 0. The SMILES string of the molecule is Cc1ccc(CC2(O)CCCCC2C(C)C)cc1. The molecule has 1 aliphatic carbocycles. The maximum absolute atomic E-state index is 11.0. The zero-order valence-electron chi connectivity index (χ0n) is 11.9. The lowest BCUT2D eigenvalue weighted by Gasteiger charge is -2.42. The maximum Gasteiger partial charge on any atom is 0.0718 e. The zero-order valence-corrected chi connectivity index (χ0v) is 11.9. The highest BCUT2D eigenvalue weighted by Crippen LogP contribution is 2.40. The van der Waals surface area contributed by atoms with Crippen molar-refractivity contribution < 1.29 is 5.11 Å². The Morgan fingerprint density at radius 2 is 1.89 bits per heavy atom. The molecule has 0 aliphatic heterocycles. The first-order chi connectivity index (χ1) is 8.51. The summed E-state index contributed by atoms with van der Waals surface area (Å²) in [5, 5.41) is 11.0. The van der Waals surface area contributed by atoms with Crippen LogP contribution in [0.1, 0.15) is 50.7 Å². The second-order valence-electron chi connectivity index (χ2n) is 6.36. The Morgan fingerprint density at radius 3 is 2.50 bits per heavy atom. The fourth-order valence-electron chi connectivity index (χ4n) is 3.48. The lowest BCUT2D eigenvalue weighted by Crippen LogP contribution is -2.45. The standard InChI is InChI=1S/C17H26O/c1-13(2)16-6-4-5-11-17(16,18)12-15-9-7-14(3)8-10-15/h7-10,13,16,18H,4-6,11-12H2,1-3H3. The molecular formula is C17H26O. The van der Waals surface area contributed by atoms with Crippen LogP contribution in [0.25, 0.3) is 0 Å². The van der Waals surface area contributed by atoms with E-state index in [4.69, 9.17) is 0 Å². The molecule has 1 nitrogen and oxygen atoms in total. The van der Waals surface area contributed by atoms with Crippen LogP contribution < -0.4 is 0 Å². The van der Waals surface area contributed by atoms with Gasteiger partial charge in [-0.25, -0.2) is 0 Å². The molecule has 1 aromatic rings. The van der Waals surface area contributed by atoms with E-state index in [1.54, 1.807) is 0 Å². The summed E-state index contributed by atoms with van der Waals surface area (Å²) in [6, 6.07) is 8.62. The van der Waals surface area contributed by atoms with Crippen LogP contribution in [0.4, 0.5) is 0 Å². The van der Waals surface area contributed by atoms with Crippen LogP contribution in [-0.2, 0) is 6.42 Å². The molecule has 1 N–H and O–H groups in total. The second kappa shape index (κ2) is 5.44. The van der Waals surface area contributed by atoms with E-state index in [0.717, 1.165) is 12.8 Å². The van der Waals surface area contributed by atoms with Gasteiger partial charge in [-0.05, 0) is 37.2 Å². The van der Waals surface area contributed by atoms with Gasteiger partial charge in [-0.2, -0.15) is 0 Å². The molecule has 1 aliphatic rings. The molecule has 0 radical (unpaired) electrons. The monoisotopic (exact) mass is 246 g/mol. The number of aryl methyl sites for hydroxylation is 1. The van der Waals surface area contributed by atoms with Gasteiger partial charge >= 0.3 is 0 Å². The van der Waals surface area contributed by atoms with E-state index < -0.39 is 5.60 Å². The van der Waals surface area contributed by atoms with Crippen molar-refractivity contribution in [2.24, 2.45) is 11.8 Å². The molecule has 0 saturated heterocycles. The molecule has 100 valence electrons. The summed E-state index contributed by atoms with van der Waals surface area (Å²) in [5.74, 6) is 1.02. The number of hydrogen-bond donors (Lipinski definition) is 1. The van der Waals surface area contributed by atoms with Crippen molar-refractivity contribution in [2.75, 3.05) is 0 Å². The predicted molar refractivity (Wildman–Crippen MR) is 76.6 cm³/mol. The maximum atomic E-state index is 11.0. The van der Waals surface area contributed by atoms with Crippen molar-refractivity contribution in [2.45, 2.75) is 58.5 Å². The van der Waals surface area contributed by atoms with Gasteiger partial charge in [0, 0.05) is 6.42 Å². The van der Waals surface area contributed by atoms with Gasteiger partial charge in [-0.3, -0.25) is 0 Å². The van der Waals surface area contributed by atoms with E-state index in [9.17, 15) is 5.11 Å². The molecule has 1 aromatic carbocycles. The van der Waals surface area contributed by atoms with Crippen molar-refractivity contribution in [1.29, 1.82) is 0 Å². The summed E-state index contributed by atoms with van der Waals surface area (Å²) in [5.41, 5.74) is 2.08. The van der Waals surface area contributed by atoms with E-state index >= 15 is 0 Å². The molecule has 2 unspecified atom stereocenters. The lowest BCUT2D eigenvalue weighted by atomic mass is 9.68. The van der Waals surface area contributed by atoms with Crippen molar-refractivity contribution >= 4 is 0 Å². The first-order valence-corrected chi connectivity index (χ1v) is 7.29. The van der Waals surface area contributed by atoms with E-state index in [0.29, 0.717) is 11.8 Å². The zero-order chi connectivity index (χ0) is 13.2. The average molecular weight is 246 g/mol. The van der Waals surface area contributed by atoms with E-state index in [1.165, 1.54) is 30.4 Å². The Labute approximate surface area is 111 Å². The van der Waals surface area contributed by atoms with Crippen LogP contribution in [0.5, 0.6) is 0 Å². The fraction of sp³-hybridized carbons (Fsp3) is 0.647. The van der Waals surface area contributed by atoms with E-state index in [1.807, 2.05) is 0 Å². The van der Waals surface area contributed by atoms with Crippen molar-refractivity contribution in [3.05, 3.63) is 35.4 Å². The molecule has 1 fully saturated rings. The van der Waals surface area contributed by atoms with Crippen LogP contribution >= 0.6 is 0 Å². The normalized spacial score (nSPS) is 28.6. The molecular weight excluding hydrogens is 220 g/mol. The molecule has 18 heavy (non-hydrogen) atoms. The quantitative estimate of drug-likeness (QED) is 0.850. The summed E-state index contributed by atoms with van der Waals surface area (Å²) in [6.45, 7) is 6.60. The molecule has 0 amide bonds. The van der Waals surface area contributed by atoms with Crippen LogP contribution in [0.15, 0.2) is 24.3 Å².